The van der Waals surface area contributed by atoms with Crippen LogP contribution in [0.1, 0.15) is 21.7 Å². The fourth-order valence-electron chi connectivity index (χ4n) is 1.95. The van der Waals surface area contributed by atoms with E-state index in [1.165, 1.54) is 24.4 Å². The first-order chi connectivity index (χ1) is 11.2. The van der Waals surface area contributed by atoms with Crippen molar-refractivity contribution in [3.05, 3.63) is 57.4 Å². The van der Waals surface area contributed by atoms with Crippen molar-refractivity contribution in [1.82, 2.24) is 4.98 Å². The van der Waals surface area contributed by atoms with Crippen LogP contribution in [0.2, 0.25) is 0 Å². The van der Waals surface area contributed by atoms with Crippen molar-refractivity contribution in [2.24, 2.45) is 0 Å². The van der Waals surface area contributed by atoms with Gasteiger partial charge in [0.2, 0.25) is 5.88 Å². The Hall–Kier alpha value is -2.35. The highest BCUT2D eigenvalue weighted by Gasteiger charge is 2.32. The number of hydrogen-bond donors (Lipinski definition) is 1. The van der Waals surface area contributed by atoms with Gasteiger partial charge in [0.1, 0.15) is 11.6 Å². The molecule has 0 saturated carbocycles. The molecule has 0 unspecified atom stereocenters. The van der Waals surface area contributed by atoms with Crippen molar-refractivity contribution in [2.75, 3.05) is 0 Å². The first-order valence-corrected chi connectivity index (χ1v) is 7.70. The van der Waals surface area contributed by atoms with Gasteiger partial charge < -0.3 is 9.84 Å². The summed E-state index contributed by atoms with van der Waals surface area (Å²) in [4.78, 5) is 15.6. The van der Waals surface area contributed by atoms with E-state index in [0.717, 1.165) is 17.4 Å². The second kappa shape index (κ2) is 7.04. The number of thiazole rings is 1. The molecule has 4 nitrogen and oxygen atoms in total. The van der Waals surface area contributed by atoms with Crippen LogP contribution in [0.25, 0.3) is 0 Å². The van der Waals surface area contributed by atoms with E-state index in [1.807, 2.05) is 0 Å². The quantitative estimate of drug-likeness (QED) is 0.649. The molecule has 0 saturated heterocycles. The van der Waals surface area contributed by atoms with E-state index in [1.54, 1.807) is 0 Å². The van der Waals surface area contributed by atoms with Crippen LogP contribution in [0.15, 0.2) is 35.7 Å². The SMILES string of the molecule is C=C(Cc1nc(O)cs1)C(=O)OCc1ccc(C)c(C(F)(F)F)c1. The molecule has 1 N–H and O–H groups in total. The standard InChI is InChI=1S/C16H14F3NO3S/c1-9-3-4-11(6-12(9)16(17,18)19)7-23-15(22)10(2)5-14-20-13(21)8-24-14/h3-4,6,8,21H,2,5,7H2,1H3. The Balaban J connectivity index is 1.97. The van der Waals surface area contributed by atoms with Crippen LogP contribution < -0.4 is 0 Å². The normalized spacial score (nSPS) is 11.3. The predicted octanol–water partition coefficient (Wildman–Crippen LogP) is 4.02. The van der Waals surface area contributed by atoms with Gasteiger partial charge in [-0.25, -0.2) is 9.78 Å². The summed E-state index contributed by atoms with van der Waals surface area (Å²) in [5.74, 6) is -0.866. The van der Waals surface area contributed by atoms with Crippen molar-refractivity contribution in [2.45, 2.75) is 26.1 Å². The van der Waals surface area contributed by atoms with E-state index in [0.29, 0.717) is 5.01 Å². The molecule has 2 rings (SSSR count). The molecule has 0 radical (unpaired) electrons. The lowest BCUT2D eigenvalue weighted by Gasteiger charge is -2.12. The first kappa shape index (κ1) is 18.0. The van der Waals surface area contributed by atoms with Gasteiger partial charge in [0, 0.05) is 12.0 Å². The van der Waals surface area contributed by atoms with Crippen LogP contribution in [0.5, 0.6) is 5.88 Å². The molecule has 0 aliphatic heterocycles. The van der Waals surface area contributed by atoms with E-state index in [2.05, 4.69) is 11.6 Å². The van der Waals surface area contributed by atoms with Crippen molar-refractivity contribution >= 4 is 17.3 Å². The van der Waals surface area contributed by atoms with Gasteiger partial charge >= 0.3 is 12.1 Å². The number of aryl methyl sites for hydroxylation is 1. The number of benzene rings is 1. The van der Waals surface area contributed by atoms with Crippen molar-refractivity contribution in [1.29, 1.82) is 0 Å². The lowest BCUT2D eigenvalue weighted by Crippen LogP contribution is -2.11. The van der Waals surface area contributed by atoms with Gasteiger partial charge in [-0.3, -0.25) is 0 Å². The van der Waals surface area contributed by atoms with Crippen LogP contribution in [0.3, 0.4) is 0 Å². The van der Waals surface area contributed by atoms with E-state index in [9.17, 15) is 18.0 Å². The number of nitrogens with zero attached hydrogens (tertiary/aromatic N) is 1. The van der Waals surface area contributed by atoms with Gasteiger partial charge in [-0.15, -0.1) is 11.3 Å². The van der Waals surface area contributed by atoms with Crippen LogP contribution in [0, 0.1) is 6.92 Å². The van der Waals surface area contributed by atoms with Gasteiger partial charge in [0.05, 0.1) is 10.9 Å². The number of aromatic nitrogens is 1. The fourth-order valence-corrected chi connectivity index (χ4v) is 2.65. The molecule has 128 valence electrons. The second-order valence-electron chi connectivity index (χ2n) is 5.10. The molecule has 0 fully saturated rings. The minimum absolute atomic E-state index is 0.102. The summed E-state index contributed by atoms with van der Waals surface area (Å²) in [5, 5.41) is 11.0. The third kappa shape index (κ3) is 4.58. The second-order valence-corrected chi connectivity index (χ2v) is 6.05. The van der Waals surface area contributed by atoms with Crippen LogP contribution in [-0.4, -0.2) is 16.1 Å². The number of halogens is 3. The summed E-state index contributed by atoms with van der Waals surface area (Å²) in [6.07, 6.45) is -4.35. The highest BCUT2D eigenvalue weighted by molar-refractivity contribution is 7.09. The maximum atomic E-state index is 12.9. The molecule has 0 aliphatic carbocycles. The number of ether oxygens (including phenoxy) is 1. The number of hydrogen-bond acceptors (Lipinski definition) is 5. The van der Waals surface area contributed by atoms with Gasteiger partial charge in [-0.05, 0) is 24.1 Å². The van der Waals surface area contributed by atoms with Crippen molar-refractivity contribution in [3.63, 3.8) is 0 Å². The van der Waals surface area contributed by atoms with E-state index in [4.69, 9.17) is 9.84 Å². The summed E-state index contributed by atoms with van der Waals surface area (Å²) in [5.41, 5.74) is -0.313. The molecule has 0 bridgehead atoms. The van der Waals surface area contributed by atoms with Gasteiger partial charge in [0.25, 0.3) is 0 Å². The van der Waals surface area contributed by atoms with E-state index in [-0.39, 0.29) is 35.6 Å². The predicted molar refractivity (Wildman–Crippen MR) is 82.6 cm³/mol. The Bertz CT molecular complexity index is 768. The van der Waals surface area contributed by atoms with Crippen LogP contribution in [0.4, 0.5) is 13.2 Å². The van der Waals surface area contributed by atoms with Crippen LogP contribution in [-0.2, 0) is 28.7 Å². The molecule has 0 spiro atoms. The number of alkyl halides is 3. The third-order valence-corrected chi connectivity index (χ3v) is 4.01. The van der Waals surface area contributed by atoms with Gasteiger partial charge in [-0.2, -0.15) is 13.2 Å². The number of aromatic hydroxyl groups is 1. The Morgan fingerprint density at radius 1 is 1.42 bits per heavy atom. The largest absolute Gasteiger partial charge is 0.493 e. The molecule has 1 aromatic carbocycles. The summed E-state index contributed by atoms with van der Waals surface area (Å²) < 4.78 is 43.5. The Kier molecular flexibility index (Phi) is 5.28. The first-order valence-electron chi connectivity index (χ1n) is 6.82. The average molecular weight is 357 g/mol. The van der Waals surface area contributed by atoms with Gasteiger partial charge in [0.15, 0.2) is 0 Å². The number of rotatable bonds is 5. The van der Waals surface area contributed by atoms with Crippen molar-refractivity contribution < 1.29 is 27.8 Å². The number of carbonyl (C=O) groups is 1. The fraction of sp³-hybridized carbons (Fsp3) is 0.250. The van der Waals surface area contributed by atoms with E-state index >= 15 is 0 Å². The highest BCUT2D eigenvalue weighted by atomic mass is 32.1. The molecule has 1 heterocycles. The average Bonchev–Trinajstić information content (AvgIpc) is 2.90. The minimum atomic E-state index is -4.46. The Labute approximate surface area is 140 Å². The zero-order valence-electron chi connectivity index (χ0n) is 12.7. The summed E-state index contributed by atoms with van der Waals surface area (Å²) in [6.45, 7) is 4.65. The Morgan fingerprint density at radius 3 is 2.71 bits per heavy atom. The molecular weight excluding hydrogens is 343 g/mol. The molecule has 24 heavy (non-hydrogen) atoms. The number of carbonyl (C=O) groups excluding carboxylic acids is 1. The lowest BCUT2D eigenvalue weighted by atomic mass is 10.1. The van der Waals surface area contributed by atoms with Crippen LogP contribution >= 0.6 is 11.3 Å². The Morgan fingerprint density at radius 2 is 2.12 bits per heavy atom. The smallest absolute Gasteiger partial charge is 0.416 e. The number of esters is 1. The van der Waals surface area contributed by atoms with Gasteiger partial charge in [-0.1, -0.05) is 18.7 Å². The zero-order valence-corrected chi connectivity index (χ0v) is 13.5. The molecule has 0 amide bonds. The van der Waals surface area contributed by atoms with Crippen molar-refractivity contribution in [3.8, 4) is 5.88 Å². The molecular formula is C16H14F3NO3S. The molecule has 2 aromatic rings. The van der Waals surface area contributed by atoms with E-state index < -0.39 is 17.7 Å². The monoisotopic (exact) mass is 357 g/mol. The minimum Gasteiger partial charge on any atom is -0.493 e. The maximum absolute atomic E-state index is 12.9. The zero-order chi connectivity index (χ0) is 17.9. The summed E-state index contributed by atoms with van der Waals surface area (Å²) in [7, 11) is 0. The molecule has 8 heteroatoms. The highest BCUT2D eigenvalue weighted by Crippen LogP contribution is 2.32. The summed E-state index contributed by atoms with van der Waals surface area (Å²) in [6, 6.07) is 3.77. The lowest BCUT2D eigenvalue weighted by molar-refractivity contribution is -0.140. The molecule has 0 aliphatic rings. The summed E-state index contributed by atoms with van der Waals surface area (Å²) >= 11 is 1.16. The maximum Gasteiger partial charge on any atom is 0.416 e. The third-order valence-electron chi connectivity index (χ3n) is 3.17. The topological polar surface area (TPSA) is 59.4 Å². The molecule has 0 atom stereocenters. The molecule has 1 aromatic heterocycles.